The van der Waals surface area contributed by atoms with E-state index in [1.165, 1.54) is 35.2 Å². The van der Waals surface area contributed by atoms with E-state index in [9.17, 15) is 26.0 Å². The van der Waals surface area contributed by atoms with Crippen molar-refractivity contribution >= 4 is 49.0 Å². The number of sulfonamides is 1. The van der Waals surface area contributed by atoms with Gasteiger partial charge in [-0.1, -0.05) is 29.3 Å². The molecule has 7 nitrogen and oxygen atoms in total. The quantitative estimate of drug-likeness (QED) is 0.595. The fraction of sp³-hybridized carbons (Fsp3) is 0.278. The summed E-state index contributed by atoms with van der Waals surface area (Å²) in [6.07, 6.45) is -0.162. The Bertz CT molecular complexity index is 1150. The number of benzene rings is 2. The summed E-state index contributed by atoms with van der Waals surface area (Å²) < 4.78 is 64.9. The number of halogens is 3. The number of hydrogen-bond acceptors (Lipinski definition) is 5. The van der Waals surface area contributed by atoms with Crippen LogP contribution in [0.5, 0.6) is 0 Å². The van der Waals surface area contributed by atoms with Gasteiger partial charge in [0.25, 0.3) is 0 Å². The van der Waals surface area contributed by atoms with Crippen LogP contribution in [0.3, 0.4) is 0 Å². The molecule has 0 atom stereocenters. The Morgan fingerprint density at radius 3 is 2.17 bits per heavy atom. The number of sulfone groups is 1. The molecule has 30 heavy (non-hydrogen) atoms. The maximum atomic E-state index is 13.0. The van der Waals surface area contributed by atoms with Crippen LogP contribution in [0.15, 0.2) is 52.3 Å². The number of rotatable bonds is 7. The molecular formula is C18H17Cl2FN2O5S2. The molecule has 1 amide bonds. The molecule has 0 aromatic heterocycles. The zero-order valence-electron chi connectivity index (χ0n) is 15.4. The van der Waals surface area contributed by atoms with Gasteiger partial charge in [-0.05, 0) is 36.4 Å². The predicted octanol–water partition coefficient (Wildman–Crippen LogP) is 2.49. The normalized spacial score (nSPS) is 15.1. The highest BCUT2D eigenvalue weighted by Gasteiger charge is 2.40. The minimum absolute atomic E-state index is 0.00891. The number of hydrogen-bond donors (Lipinski definition) is 1. The minimum Gasteiger partial charge on any atom is -0.340 e. The van der Waals surface area contributed by atoms with Crippen molar-refractivity contribution in [3.05, 3.63) is 58.3 Å². The van der Waals surface area contributed by atoms with Crippen LogP contribution in [0.1, 0.15) is 6.42 Å². The first kappa shape index (κ1) is 23.0. The Morgan fingerprint density at radius 2 is 1.60 bits per heavy atom. The van der Waals surface area contributed by atoms with Crippen LogP contribution in [0, 0.1) is 5.82 Å². The van der Waals surface area contributed by atoms with E-state index >= 15 is 0 Å². The molecule has 1 N–H and O–H groups in total. The van der Waals surface area contributed by atoms with E-state index < -0.39 is 36.8 Å². The third-order valence-corrected chi connectivity index (χ3v) is 9.12. The Labute approximate surface area is 183 Å². The molecule has 162 valence electrons. The van der Waals surface area contributed by atoms with Crippen molar-refractivity contribution in [3.8, 4) is 0 Å². The zero-order chi connectivity index (χ0) is 22.1. The average Bonchev–Trinajstić information content (AvgIpc) is 2.60. The molecule has 12 heteroatoms. The lowest BCUT2D eigenvalue weighted by molar-refractivity contribution is -0.134. The second-order valence-corrected chi connectivity index (χ2v) is 11.4. The van der Waals surface area contributed by atoms with E-state index in [-0.39, 0.29) is 45.9 Å². The molecule has 1 aliphatic rings. The van der Waals surface area contributed by atoms with E-state index in [1.54, 1.807) is 0 Å². The van der Waals surface area contributed by atoms with Crippen molar-refractivity contribution in [1.82, 2.24) is 9.62 Å². The molecule has 1 aliphatic heterocycles. The van der Waals surface area contributed by atoms with Crippen molar-refractivity contribution < 1.29 is 26.0 Å². The Hall–Kier alpha value is -1.72. The highest BCUT2D eigenvalue weighted by Crippen LogP contribution is 2.29. The fourth-order valence-electron chi connectivity index (χ4n) is 2.92. The van der Waals surface area contributed by atoms with Crippen LogP contribution in [0.25, 0.3) is 0 Å². The largest absolute Gasteiger partial charge is 0.340 e. The minimum atomic E-state index is -4.02. The molecule has 2 aromatic carbocycles. The highest BCUT2D eigenvalue weighted by molar-refractivity contribution is 7.92. The average molecular weight is 495 g/mol. The van der Waals surface area contributed by atoms with Gasteiger partial charge in [-0.3, -0.25) is 4.79 Å². The molecule has 0 unspecified atom stereocenters. The molecule has 0 bridgehead atoms. The molecule has 0 radical (unpaired) electrons. The number of nitrogens with zero attached hydrogens (tertiary/aromatic N) is 1. The summed E-state index contributed by atoms with van der Waals surface area (Å²) in [7, 11) is -7.69. The summed E-state index contributed by atoms with van der Waals surface area (Å²) in [6.45, 7) is -0.224. The van der Waals surface area contributed by atoms with E-state index in [2.05, 4.69) is 4.72 Å². The van der Waals surface area contributed by atoms with Crippen LogP contribution in [-0.4, -0.2) is 52.5 Å². The first-order valence-corrected chi connectivity index (χ1v) is 12.5. The molecule has 1 saturated heterocycles. The fourth-order valence-corrected chi connectivity index (χ4v) is 6.74. The number of nitrogens with one attached hydrogen (secondary N) is 1. The highest BCUT2D eigenvalue weighted by atomic mass is 35.5. The molecule has 1 heterocycles. The molecule has 0 aliphatic carbocycles. The van der Waals surface area contributed by atoms with Crippen molar-refractivity contribution in [1.29, 1.82) is 0 Å². The van der Waals surface area contributed by atoms with Gasteiger partial charge >= 0.3 is 0 Å². The summed E-state index contributed by atoms with van der Waals surface area (Å²) in [5.74, 6) is -0.937. The SMILES string of the molecule is O=C(CCNS(=O)(=O)c1c(Cl)cccc1Cl)N1CC(S(=O)(=O)c2ccc(F)cc2)C1. The van der Waals surface area contributed by atoms with Gasteiger partial charge < -0.3 is 4.90 Å². The van der Waals surface area contributed by atoms with Gasteiger partial charge in [0.05, 0.1) is 14.9 Å². The zero-order valence-corrected chi connectivity index (χ0v) is 18.5. The van der Waals surface area contributed by atoms with Gasteiger partial charge in [0.15, 0.2) is 9.84 Å². The van der Waals surface area contributed by atoms with E-state index in [0.29, 0.717) is 0 Å². The lowest BCUT2D eigenvalue weighted by Crippen LogP contribution is -2.57. The number of amides is 1. The van der Waals surface area contributed by atoms with Gasteiger partial charge in [-0.25, -0.2) is 25.9 Å². The topological polar surface area (TPSA) is 101 Å². The third-order valence-electron chi connectivity index (χ3n) is 4.60. The van der Waals surface area contributed by atoms with Crippen molar-refractivity contribution in [2.24, 2.45) is 0 Å². The Morgan fingerprint density at radius 1 is 1.03 bits per heavy atom. The first-order chi connectivity index (χ1) is 14.0. The summed E-state index contributed by atoms with van der Waals surface area (Å²) in [5, 5.41) is -0.874. The van der Waals surface area contributed by atoms with E-state index in [4.69, 9.17) is 23.2 Å². The van der Waals surface area contributed by atoms with Crippen LogP contribution in [0.4, 0.5) is 4.39 Å². The van der Waals surface area contributed by atoms with Gasteiger partial charge in [-0.15, -0.1) is 0 Å². The van der Waals surface area contributed by atoms with Crippen LogP contribution < -0.4 is 4.72 Å². The molecule has 3 rings (SSSR count). The maximum Gasteiger partial charge on any atom is 0.243 e. The molecule has 0 spiro atoms. The van der Waals surface area contributed by atoms with Crippen LogP contribution in [-0.2, 0) is 24.7 Å². The number of carbonyl (C=O) groups excluding carboxylic acids is 1. The monoisotopic (exact) mass is 494 g/mol. The van der Waals surface area contributed by atoms with Crippen molar-refractivity contribution in [2.75, 3.05) is 19.6 Å². The van der Waals surface area contributed by atoms with E-state index in [0.717, 1.165) is 12.1 Å². The number of carbonyl (C=O) groups is 1. The molecule has 1 fully saturated rings. The summed E-state index contributed by atoms with van der Waals surface area (Å²) in [4.78, 5) is 13.3. The third kappa shape index (κ3) is 4.78. The second kappa shape index (κ2) is 8.80. The van der Waals surface area contributed by atoms with Crippen molar-refractivity contribution in [3.63, 3.8) is 0 Å². The predicted molar refractivity (Wildman–Crippen MR) is 110 cm³/mol. The molecular weight excluding hydrogens is 478 g/mol. The van der Waals surface area contributed by atoms with Gasteiger partial charge in [0.2, 0.25) is 15.9 Å². The lowest BCUT2D eigenvalue weighted by Gasteiger charge is -2.38. The van der Waals surface area contributed by atoms with Gasteiger partial charge in [0, 0.05) is 26.1 Å². The maximum absolute atomic E-state index is 13.0. The second-order valence-electron chi connectivity index (χ2n) is 6.62. The Kier molecular flexibility index (Phi) is 6.73. The number of likely N-dealkylation sites (tertiary alicyclic amines) is 1. The lowest BCUT2D eigenvalue weighted by atomic mass is 10.2. The first-order valence-electron chi connectivity index (χ1n) is 8.73. The smallest absolute Gasteiger partial charge is 0.243 e. The summed E-state index contributed by atoms with van der Waals surface area (Å²) in [6, 6.07) is 8.77. The Balaban J connectivity index is 1.53. The van der Waals surface area contributed by atoms with Gasteiger partial charge in [-0.2, -0.15) is 0 Å². The van der Waals surface area contributed by atoms with Crippen LogP contribution in [0.2, 0.25) is 10.0 Å². The van der Waals surface area contributed by atoms with Crippen molar-refractivity contribution in [2.45, 2.75) is 21.5 Å². The van der Waals surface area contributed by atoms with Gasteiger partial charge in [0.1, 0.15) is 16.0 Å². The molecule has 2 aromatic rings. The summed E-state index contributed by atoms with van der Waals surface area (Å²) >= 11 is 11.8. The molecule has 0 saturated carbocycles. The summed E-state index contributed by atoms with van der Waals surface area (Å²) in [5.41, 5.74) is 0. The van der Waals surface area contributed by atoms with E-state index in [1.807, 2.05) is 0 Å². The van der Waals surface area contributed by atoms with Crippen LogP contribution >= 0.6 is 23.2 Å². The standard InChI is InChI=1S/C18H17Cl2FN2O5S2/c19-15-2-1-3-16(20)18(15)30(27,28)22-9-8-17(24)23-10-14(11-23)29(25,26)13-6-4-12(21)5-7-13/h1-7,14,22H,8-11H2.